The van der Waals surface area contributed by atoms with Gasteiger partial charge in [0.1, 0.15) is 0 Å². The van der Waals surface area contributed by atoms with Gasteiger partial charge < -0.3 is 9.64 Å². The molecule has 0 spiro atoms. The van der Waals surface area contributed by atoms with Crippen LogP contribution in [0.1, 0.15) is 16.8 Å². The van der Waals surface area contributed by atoms with Gasteiger partial charge in [-0.15, -0.1) is 0 Å². The van der Waals surface area contributed by atoms with Gasteiger partial charge in [-0.05, 0) is 12.1 Å². The summed E-state index contributed by atoms with van der Waals surface area (Å²) in [6.45, 7) is -0.0952. The van der Waals surface area contributed by atoms with E-state index in [1.165, 1.54) is 12.0 Å². The largest absolute Gasteiger partial charge is 0.465 e. The molecule has 0 atom stereocenters. The summed E-state index contributed by atoms with van der Waals surface area (Å²) in [5.74, 6) is -3.18. The van der Waals surface area contributed by atoms with Gasteiger partial charge in [-0.25, -0.2) is 13.6 Å². The maximum atomic E-state index is 13.1. The summed E-state index contributed by atoms with van der Waals surface area (Å²) >= 11 is 0. The zero-order valence-corrected chi connectivity index (χ0v) is 9.45. The van der Waals surface area contributed by atoms with Gasteiger partial charge in [-0.3, -0.25) is 0 Å². The summed E-state index contributed by atoms with van der Waals surface area (Å²) in [4.78, 5) is 13.0. The van der Waals surface area contributed by atoms with E-state index >= 15 is 0 Å². The van der Waals surface area contributed by atoms with Crippen molar-refractivity contribution in [1.82, 2.24) is 0 Å². The molecule has 0 aromatic heterocycles. The lowest BCUT2D eigenvalue weighted by molar-refractivity contribution is 0.0256. The van der Waals surface area contributed by atoms with Crippen molar-refractivity contribution >= 4 is 11.7 Å². The molecule has 0 bridgehead atoms. The van der Waals surface area contributed by atoms with Crippen LogP contribution in [0.15, 0.2) is 24.3 Å². The average molecular weight is 241 g/mol. The number of hydrogen-bond donors (Lipinski definition) is 0. The van der Waals surface area contributed by atoms with Crippen LogP contribution in [0, 0.1) is 0 Å². The van der Waals surface area contributed by atoms with Gasteiger partial charge in [0, 0.05) is 13.0 Å². The second kappa shape index (κ2) is 4.31. The highest BCUT2D eigenvalue weighted by Crippen LogP contribution is 2.32. The Hall–Kier alpha value is -1.65. The molecule has 3 nitrogen and oxygen atoms in total. The quantitative estimate of drug-likeness (QED) is 0.744. The van der Waals surface area contributed by atoms with E-state index in [1.54, 1.807) is 24.3 Å². The summed E-state index contributed by atoms with van der Waals surface area (Å²) in [7, 11) is 1.28. The smallest absolute Gasteiger partial charge is 0.339 e. The van der Waals surface area contributed by atoms with E-state index in [0.29, 0.717) is 11.3 Å². The normalized spacial score (nSPS) is 18.2. The highest BCUT2D eigenvalue weighted by molar-refractivity contribution is 5.95. The maximum absolute atomic E-state index is 13.1. The van der Waals surface area contributed by atoms with Crippen molar-refractivity contribution in [2.45, 2.75) is 12.3 Å². The number of hydrogen-bond acceptors (Lipinski definition) is 3. The first kappa shape index (κ1) is 11.8. The van der Waals surface area contributed by atoms with Gasteiger partial charge in [-0.2, -0.15) is 0 Å². The minimum atomic E-state index is -2.68. The summed E-state index contributed by atoms with van der Waals surface area (Å²) in [5, 5.41) is 0. The van der Waals surface area contributed by atoms with Crippen LogP contribution in [0.2, 0.25) is 0 Å². The first-order valence-corrected chi connectivity index (χ1v) is 5.33. The Bertz CT molecular complexity index is 434. The Morgan fingerprint density at radius 2 is 2.12 bits per heavy atom. The molecule has 0 saturated carbocycles. The van der Waals surface area contributed by atoms with E-state index in [4.69, 9.17) is 0 Å². The van der Waals surface area contributed by atoms with Crippen molar-refractivity contribution in [1.29, 1.82) is 0 Å². The maximum Gasteiger partial charge on any atom is 0.339 e. The number of benzene rings is 1. The first-order valence-electron chi connectivity index (χ1n) is 5.33. The molecule has 0 amide bonds. The monoisotopic (exact) mass is 241 g/mol. The van der Waals surface area contributed by atoms with Crippen molar-refractivity contribution in [3.05, 3.63) is 29.8 Å². The molecule has 1 saturated heterocycles. The third-order valence-corrected chi connectivity index (χ3v) is 2.82. The molecule has 17 heavy (non-hydrogen) atoms. The molecule has 0 unspecified atom stereocenters. The van der Waals surface area contributed by atoms with Crippen LogP contribution in [-0.4, -0.2) is 32.1 Å². The van der Waals surface area contributed by atoms with Crippen molar-refractivity contribution < 1.29 is 18.3 Å². The average Bonchev–Trinajstić information content (AvgIpc) is 2.68. The fourth-order valence-electron chi connectivity index (χ4n) is 1.97. The molecule has 1 aliphatic heterocycles. The van der Waals surface area contributed by atoms with Crippen LogP contribution in [0.3, 0.4) is 0 Å². The molecule has 1 fully saturated rings. The number of carbonyl (C=O) groups is 1. The Labute approximate surface area is 98.0 Å². The molecule has 0 radical (unpaired) electrons. The second-order valence-corrected chi connectivity index (χ2v) is 4.04. The van der Waals surface area contributed by atoms with E-state index < -0.39 is 11.9 Å². The minimum Gasteiger partial charge on any atom is -0.465 e. The van der Waals surface area contributed by atoms with Crippen molar-refractivity contribution in [2.24, 2.45) is 0 Å². The fraction of sp³-hybridized carbons (Fsp3) is 0.417. The third-order valence-electron chi connectivity index (χ3n) is 2.82. The van der Waals surface area contributed by atoms with E-state index in [1.807, 2.05) is 0 Å². The lowest BCUT2D eigenvalue weighted by atomic mass is 10.1. The summed E-state index contributed by atoms with van der Waals surface area (Å²) in [6.07, 6.45) is -0.178. The Morgan fingerprint density at radius 1 is 1.41 bits per heavy atom. The number of carbonyl (C=O) groups excluding carboxylic acids is 1. The molecule has 1 aliphatic rings. The van der Waals surface area contributed by atoms with Gasteiger partial charge in [0.05, 0.1) is 24.9 Å². The lowest BCUT2D eigenvalue weighted by Gasteiger charge is -2.20. The van der Waals surface area contributed by atoms with Crippen molar-refractivity contribution in [3.63, 3.8) is 0 Å². The van der Waals surface area contributed by atoms with E-state index in [-0.39, 0.29) is 19.5 Å². The standard InChI is InChI=1S/C12H13F2NO2/c1-17-11(16)9-4-2-3-5-10(9)15-7-6-12(13,14)8-15/h2-5H,6-8H2,1H3. The molecule has 1 heterocycles. The van der Waals surface area contributed by atoms with E-state index in [9.17, 15) is 13.6 Å². The number of methoxy groups -OCH3 is 1. The molecule has 92 valence electrons. The van der Waals surface area contributed by atoms with Crippen LogP contribution in [0.5, 0.6) is 0 Å². The Kier molecular flexibility index (Phi) is 3.00. The zero-order chi connectivity index (χ0) is 12.5. The number of nitrogens with zero attached hydrogens (tertiary/aromatic N) is 1. The highest BCUT2D eigenvalue weighted by atomic mass is 19.3. The van der Waals surface area contributed by atoms with E-state index in [2.05, 4.69) is 4.74 Å². The molecule has 2 rings (SSSR count). The Morgan fingerprint density at radius 3 is 2.71 bits per heavy atom. The molecule has 1 aromatic rings. The van der Waals surface area contributed by atoms with Crippen LogP contribution >= 0.6 is 0 Å². The van der Waals surface area contributed by atoms with Crippen LogP contribution in [0.4, 0.5) is 14.5 Å². The van der Waals surface area contributed by atoms with Crippen molar-refractivity contribution in [3.8, 4) is 0 Å². The van der Waals surface area contributed by atoms with Crippen LogP contribution < -0.4 is 4.90 Å². The molecular weight excluding hydrogens is 228 g/mol. The number of halogens is 2. The molecule has 5 heteroatoms. The number of alkyl halides is 2. The highest BCUT2D eigenvalue weighted by Gasteiger charge is 2.39. The molecular formula is C12H13F2NO2. The predicted molar refractivity (Wildman–Crippen MR) is 59.6 cm³/mol. The van der Waals surface area contributed by atoms with Crippen LogP contribution in [-0.2, 0) is 4.74 Å². The fourth-order valence-corrected chi connectivity index (χ4v) is 1.97. The van der Waals surface area contributed by atoms with E-state index in [0.717, 1.165) is 0 Å². The third kappa shape index (κ3) is 2.38. The second-order valence-electron chi connectivity index (χ2n) is 4.04. The lowest BCUT2D eigenvalue weighted by Crippen LogP contribution is -2.26. The number of ether oxygens (including phenoxy) is 1. The number of esters is 1. The minimum absolute atomic E-state index is 0.178. The van der Waals surface area contributed by atoms with Gasteiger partial charge in [0.2, 0.25) is 0 Å². The van der Waals surface area contributed by atoms with Gasteiger partial charge in [-0.1, -0.05) is 12.1 Å². The number of para-hydroxylation sites is 1. The topological polar surface area (TPSA) is 29.5 Å². The summed E-state index contributed by atoms with van der Waals surface area (Å²) in [5.41, 5.74) is 0.837. The SMILES string of the molecule is COC(=O)c1ccccc1N1CCC(F)(F)C1. The summed E-state index contributed by atoms with van der Waals surface area (Å²) in [6, 6.07) is 6.65. The predicted octanol–water partition coefficient (Wildman–Crippen LogP) is 2.32. The van der Waals surface area contributed by atoms with Gasteiger partial charge in [0.25, 0.3) is 5.92 Å². The van der Waals surface area contributed by atoms with Crippen molar-refractivity contribution in [2.75, 3.05) is 25.1 Å². The molecule has 0 N–H and O–H groups in total. The summed E-state index contributed by atoms with van der Waals surface area (Å²) < 4.78 is 30.9. The first-order chi connectivity index (χ1) is 8.03. The van der Waals surface area contributed by atoms with Crippen LogP contribution in [0.25, 0.3) is 0 Å². The van der Waals surface area contributed by atoms with Gasteiger partial charge in [0.15, 0.2) is 0 Å². The van der Waals surface area contributed by atoms with Gasteiger partial charge >= 0.3 is 5.97 Å². The molecule has 0 aliphatic carbocycles. The zero-order valence-electron chi connectivity index (χ0n) is 9.45. The molecule has 1 aromatic carbocycles. The number of anilines is 1. The Balaban J connectivity index is 2.30. The number of rotatable bonds is 2.